The first kappa shape index (κ1) is 19.0. The van der Waals surface area contributed by atoms with E-state index in [0.29, 0.717) is 0 Å². The van der Waals surface area contributed by atoms with Gasteiger partial charge in [0.1, 0.15) is 5.65 Å². The fourth-order valence-electron chi connectivity index (χ4n) is 2.88. The van der Waals surface area contributed by atoms with Crippen LogP contribution >= 0.6 is 24.0 Å². The molecule has 0 saturated carbocycles. The Morgan fingerprint density at radius 1 is 1.42 bits per heavy atom. The van der Waals surface area contributed by atoms with Crippen molar-refractivity contribution in [2.75, 3.05) is 26.7 Å². The summed E-state index contributed by atoms with van der Waals surface area (Å²) in [5, 5.41) is 6.69. The molecule has 0 bridgehead atoms. The standard InChI is InChI=1S/C17H25N5O.HI/c1-17(8-5-11-23-17)13-20-16(18-2)19-9-7-14-12-22-10-4-3-6-15(22)21-14;/h3-4,6,10,12H,5,7-9,11,13H2,1-2H3,(H2,18,19,20);1H. The molecule has 0 spiro atoms. The highest BCUT2D eigenvalue weighted by atomic mass is 127. The number of nitrogens with one attached hydrogen (secondary N) is 2. The van der Waals surface area contributed by atoms with Gasteiger partial charge in [-0.2, -0.15) is 0 Å². The van der Waals surface area contributed by atoms with Gasteiger partial charge in [0.25, 0.3) is 0 Å². The van der Waals surface area contributed by atoms with Crippen LogP contribution in [0.1, 0.15) is 25.5 Å². The van der Waals surface area contributed by atoms with Crippen LogP contribution in [0.4, 0.5) is 0 Å². The summed E-state index contributed by atoms with van der Waals surface area (Å²) in [4.78, 5) is 8.87. The predicted octanol–water partition coefficient (Wildman–Crippen LogP) is 2.23. The van der Waals surface area contributed by atoms with E-state index in [1.807, 2.05) is 28.8 Å². The lowest BCUT2D eigenvalue weighted by atomic mass is 10.0. The number of nitrogens with zero attached hydrogens (tertiary/aromatic N) is 3. The van der Waals surface area contributed by atoms with Crippen molar-refractivity contribution in [3.8, 4) is 0 Å². The molecule has 3 heterocycles. The lowest BCUT2D eigenvalue weighted by molar-refractivity contribution is 0.0243. The Bertz CT molecular complexity index is 645. The number of hydrogen-bond donors (Lipinski definition) is 2. The predicted molar refractivity (Wildman–Crippen MR) is 107 cm³/mol. The molecule has 132 valence electrons. The molecule has 1 aliphatic rings. The molecule has 7 heteroatoms. The number of guanidine groups is 1. The maximum Gasteiger partial charge on any atom is 0.191 e. The Hall–Kier alpha value is -1.35. The summed E-state index contributed by atoms with van der Waals surface area (Å²) >= 11 is 0. The zero-order valence-corrected chi connectivity index (χ0v) is 16.6. The van der Waals surface area contributed by atoms with Gasteiger partial charge in [-0.15, -0.1) is 24.0 Å². The number of aromatic nitrogens is 2. The molecule has 1 unspecified atom stereocenters. The monoisotopic (exact) mass is 443 g/mol. The van der Waals surface area contributed by atoms with Crippen LogP contribution in [0.3, 0.4) is 0 Å². The van der Waals surface area contributed by atoms with Crippen LogP contribution in [0.15, 0.2) is 35.6 Å². The summed E-state index contributed by atoms with van der Waals surface area (Å²) < 4.78 is 7.83. The van der Waals surface area contributed by atoms with E-state index in [2.05, 4.69) is 33.7 Å². The molecule has 2 N–H and O–H groups in total. The summed E-state index contributed by atoms with van der Waals surface area (Å²) in [5.74, 6) is 0.811. The van der Waals surface area contributed by atoms with Crippen LogP contribution in [0.2, 0.25) is 0 Å². The van der Waals surface area contributed by atoms with Crippen molar-refractivity contribution in [3.63, 3.8) is 0 Å². The zero-order valence-electron chi connectivity index (χ0n) is 14.3. The van der Waals surface area contributed by atoms with Crippen molar-refractivity contribution in [1.29, 1.82) is 0 Å². The van der Waals surface area contributed by atoms with Crippen molar-refractivity contribution in [3.05, 3.63) is 36.3 Å². The summed E-state index contributed by atoms with van der Waals surface area (Å²) in [6, 6.07) is 6.02. The van der Waals surface area contributed by atoms with Gasteiger partial charge in [-0.3, -0.25) is 4.99 Å². The third-order valence-electron chi connectivity index (χ3n) is 4.24. The van der Waals surface area contributed by atoms with Gasteiger partial charge in [0.05, 0.1) is 11.3 Å². The van der Waals surface area contributed by atoms with Crippen molar-refractivity contribution in [1.82, 2.24) is 20.0 Å². The molecule has 0 aliphatic carbocycles. The van der Waals surface area contributed by atoms with E-state index in [4.69, 9.17) is 4.74 Å². The van der Waals surface area contributed by atoms with Crippen molar-refractivity contribution in [2.24, 2.45) is 4.99 Å². The molecule has 1 atom stereocenters. The number of ether oxygens (including phenoxy) is 1. The first-order chi connectivity index (χ1) is 11.2. The number of rotatable bonds is 5. The highest BCUT2D eigenvalue weighted by Crippen LogP contribution is 2.23. The van der Waals surface area contributed by atoms with Crippen LogP contribution in [0.5, 0.6) is 0 Å². The molecule has 3 rings (SSSR count). The molecule has 2 aromatic rings. The van der Waals surface area contributed by atoms with E-state index in [0.717, 1.165) is 56.3 Å². The Morgan fingerprint density at radius 3 is 3.00 bits per heavy atom. The smallest absolute Gasteiger partial charge is 0.191 e. The largest absolute Gasteiger partial charge is 0.373 e. The molecule has 1 saturated heterocycles. The SMILES string of the molecule is CN=C(NCCc1cn2ccccc2n1)NCC1(C)CCCO1.I. The molecule has 0 aromatic carbocycles. The topological polar surface area (TPSA) is 63.0 Å². The minimum absolute atomic E-state index is 0. The molecule has 0 amide bonds. The second-order valence-electron chi connectivity index (χ2n) is 6.20. The van der Waals surface area contributed by atoms with Crippen molar-refractivity contribution in [2.45, 2.75) is 31.8 Å². The molecule has 6 nitrogen and oxygen atoms in total. The molecular weight excluding hydrogens is 417 g/mol. The minimum Gasteiger partial charge on any atom is -0.373 e. The van der Waals surface area contributed by atoms with E-state index in [1.165, 1.54) is 0 Å². The number of halogens is 1. The van der Waals surface area contributed by atoms with Gasteiger partial charge in [-0.1, -0.05) is 6.07 Å². The molecule has 1 aliphatic heterocycles. The first-order valence-corrected chi connectivity index (χ1v) is 8.20. The van der Waals surface area contributed by atoms with Gasteiger partial charge in [-0.05, 0) is 31.9 Å². The molecule has 2 aromatic heterocycles. The van der Waals surface area contributed by atoms with E-state index < -0.39 is 0 Å². The van der Waals surface area contributed by atoms with E-state index >= 15 is 0 Å². The number of imidazole rings is 1. The van der Waals surface area contributed by atoms with E-state index in [9.17, 15) is 0 Å². The Labute approximate surface area is 160 Å². The Morgan fingerprint density at radius 2 is 2.29 bits per heavy atom. The number of hydrogen-bond acceptors (Lipinski definition) is 3. The molecule has 1 fully saturated rings. The van der Waals surface area contributed by atoms with Crippen molar-refractivity contribution < 1.29 is 4.74 Å². The lowest BCUT2D eigenvalue weighted by Crippen LogP contribution is -2.45. The first-order valence-electron chi connectivity index (χ1n) is 8.20. The number of fused-ring (bicyclic) bond motifs is 1. The summed E-state index contributed by atoms with van der Waals surface area (Å²) in [6.45, 7) is 4.58. The quantitative estimate of drug-likeness (QED) is 0.423. The second kappa shape index (κ2) is 8.66. The van der Waals surface area contributed by atoms with Crippen LogP contribution in [0, 0.1) is 0 Å². The third-order valence-corrected chi connectivity index (χ3v) is 4.24. The lowest BCUT2D eigenvalue weighted by Gasteiger charge is -2.24. The summed E-state index contributed by atoms with van der Waals surface area (Å²) in [6.07, 6.45) is 7.18. The van der Waals surface area contributed by atoms with Gasteiger partial charge in [-0.25, -0.2) is 4.98 Å². The summed E-state index contributed by atoms with van der Waals surface area (Å²) in [5.41, 5.74) is 1.99. The fourth-order valence-corrected chi connectivity index (χ4v) is 2.88. The van der Waals surface area contributed by atoms with Gasteiger partial charge >= 0.3 is 0 Å². The zero-order chi connectivity index (χ0) is 16.1. The van der Waals surface area contributed by atoms with E-state index in [1.54, 1.807) is 7.05 Å². The molecule has 24 heavy (non-hydrogen) atoms. The maximum atomic E-state index is 5.78. The maximum absolute atomic E-state index is 5.78. The van der Waals surface area contributed by atoms with Crippen LogP contribution in [-0.4, -0.2) is 47.7 Å². The average molecular weight is 443 g/mol. The van der Waals surface area contributed by atoms with Gasteiger partial charge in [0.2, 0.25) is 0 Å². The van der Waals surface area contributed by atoms with Crippen molar-refractivity contribution >= 4 is 35.6 Å². The third kappa shape index (κ3) is 4.83. The highest BCUT2D eigenvalue weighted by Gasteiger charge is 2.29. The summed E-state index contributed by atoms with van der Waals surface area (Å²) in [7, 11) is 1.79. The van der Waals surface area contributed by atoms with Crippen LogP contribution in [0.25, 0.3) is 5.65 Å². The Kier molecular flexibility index (Phi) is 6.85. The Balaban J connectivity index is 0.00000208. The average Bonchev–Trinajstić information content (AvgIpc) is 3.17. The van der Waals surface area contributed by atoms with Gasteiger partial charge in [0.15, 0.2) is 5.96 Å². The number of aliphatic imine (C=N–C) groups is 1. The minimum atomic E-state index is -0.0702. The van der Waals surface area contributed by atoms with Gasteiger partial charge in [0, 0.05) is 45.6 Å². The number of pyridine rings is 1. The van der Waals surface area contributed by atoms with Crippen LogP contribution < -0.4 is 10.6 Å². The normalized spacial score (nSPS) is 20.8. The molecule has 0 radical (unpaired) electrons. The second-order valence-corrected chi connectivity index (χ2v) is 6.20. The van der Waals surface area contributed by atoms with E-state index in [-0.39, 0.29) is 29.6 Å². The fraction of sp³-hybridized carbons (Fsp3) is 0.529. The van der Waals surface area contributed by atoms with Gasteiger partial charge < -0.3 is 19.8 Å². The van der Waals surface area contributed by atoms with Crippen LogP contribution in [-0.2, 0) is 11.2 Å². The highest BCUT2D eigenvalue weighted by molar-refractivity contribution is 14.0. The molecular formula is C17H26IN5O.